The van der Waals surface area contributed by atoms with Crippen molar-refractivity contribution in [3.8, 4) is 11.6 Å². The number of aromatic carboxylic acids is 1. The van der Waals surface area contributed by atoms with E-state index >= 15 is 0 Å². The second-order valence-corrected chi connectivity index (χ2v) is 6.97. The first-order chi connectivity index (χ1) is 13.4. The second-order valence-electron chi connectivity index (χ2n) is 5.96. The first kappa shape index (κ1) is 17.7. The SMILES string of the molecule is Cn1c(O)c(C=C2N=c3ccccc3=N2)sc1=Nc1ccc(C(=O)O)c(O)c1. The molecule has 0 saturated heterocycles. The summed E-state index contributed by atoms with van der Waals surface area (Å²) < 4.78 is 1.49. The zero-order valence-electron chi connectivity index (χ0n) is 14.6. The minimum absolute atomic E-state index is 0.00369. The largest absolute Gasteiger partial charge is 0.507 e. The molecule has 1 aliphatic rings. The Morgan fingerprint density at radius 1 is 1.14 bits per heavy atom. The predicted octanol–water partition coefficient (Wildman–Crippen LogP) is 1.68. The number of carbonyl (C=O) groups is 1. The summed E-state index contributed by atoms with van der Waals surface area (Å²) in [6.45, 7) is 0. The molecule has 2 aromatic carbocycles. The van der Waals surface area contributed by atoms with Gasteiger partial charge in [-0.1, -0.05) is 23.5 Å². The average molecular weight is 394 g/mol. The topological polar surface area (TPSA) is 120 Å². The molecule has 0 spiro atoms. The number of fused-ring (bicyclic) bond motifs is 1. The van der Waals surface area contributed by atoms with Crippen LogP contribution in [0.1, 0.15) is 15.2 Å². The standard InChI is InChI=1S/C19H14N4O4S/c1-23-17(25)15(9-16-21-12-4-2-3-5-13(12)22-16)28-19(23)20-10-6-7-11(18(26)27)14(24)8-10/h2-9,24-25H,1H3,(H,26,27). The molecule has 3 aromatic rings. The van der Waals surface area contributed by atoms with Gasteiger partial charge in [-0.3, -0.25) is 4.57 Å². The maximum atomic E-state index is 11.0. The second kappa shape index (κ2) is 6.78. The average Bonchev–Trinajstić information content (AvgIpc) is 3.18. The summed E-state index contributed by atoms with van der Waals surface area (Å²) in [6, 6.07) is 11.5. The van der Waals surface area contributed by atoms with Crippen LogP contribution in [-0.2, 0) is 7.05 Å². The number of carboxylic acids is 1. The lowest BCUT2D eigenvalue weighted by molar-refractivity contribution is 0.0694. The molecule has 2 heterocycles. The molecule has 3 N–H and O–H groups in total. The van der Waals surface area contributed by atoms with Crippen molar-refractivity contribution in [1.82, 2.24) is 4.57 Å². The number of para-hydroxylation sites is 2. The highest BCUT2D eigenvalue weighted by Gasteiger charge is 2.12. The Hall–Kier alpha value is -3.72. The van der Waals surface area contributed by atoms with Crippen molar-refractivity contribution in [3.05, 3.63) is 74.2 Å². The molecule has 0 fully saturated rings. The highest BCUT2D eigenvalue weighted by atomic mass is 32.1. The van der Waals surface area contributed by atoms with E-state index in [0.717, 1.165) is 10.7 Å². The molecular weight excluding hydrogens is 380 g/mol. The first-order valence-electron chi connectivity index (χ1n) is 8.16. The fraction of sp³-hybridized carbons (Fsp3) is 0.0526. The van der Waals surface area contributed by atoms with E-state index in [1.54, 1.807) is 13.1 Å². The van der Waals surface area contributed by atoms with E-state index in [4.69, 9.17) is 5.11 Å². The van der Waals surface area contributed by atoms with E-state index in [-0.39, 0.29) is 17.2 Å². The van der Waals surface area contributed by atoms with Crippen LogP contribution in [0.15, 0.2) is 63.3 Å². The molecule has 9 heteroatoms. The lowest BCUT2D eigenvalue weighted by Crippen LogP contribution is -2.19. The Bertz CT molecular complexity index is 1300. The van der Waals surface area contributed by atoms with Crippen LogP contribution in [0.2, 0.25) is 0 Å². The maximum Gasteiger partial charge on any atom is 0.339 e. The first-order valence-corrected chi connectivity index (χ1v) is 8.98. The minimum atomic E-state index is -1.22. The zero-order valence-corrected chi connectivity index (χ0v) is 15.4. The molecule has 0 radical (unpaired) electrons. The van der Waals surface area contributed by atoms with Gasteiger partial charge in [0.15, 0.2) is 10.6 Å². The Kier molecular flexibility index (Phi) is 4.28. The number of phenols is 1. The Labute approximate surface area is 162 Å². The summed E-state index contributed by atoms with van der Waals surface area (Å²) in [5.74, 6) is -1.11. The summed E-state index contributed by atoms with van der Waals surface area (Å²) in [5.41, 5.74) is 0.160. The summed E-state index contributed by atoms with van der Waals surface area (Å²) in [7, 11) is 1.65. The van der Waals surface area contributed by atoms with Crippen molar-refractivity contribution >= 4 is 29.1 Å². The third-order valence-corrected chi connectivity index (χ3v) is 5.14. The van der Waals surface area contributed by atoms with Crippen molar-refractivity contribution in [3.63, 3.8) is 0 Å². The number of benzene rings is 2. The molecular formula is C19H14N4O4S. The Morgan fingerprint density at radius 3 is 2.43 bits per heavy atom. The highest BCUT2D eigenvalue weighted by molar-refractivity contribution is 7.10. The zero-order chi connectivity index (χ0) is 19.8. The van der Waals surface area contributed by atoms with Crippen LogP contribution < -0.4 is 15.5 Å². The monoisotopic (exact) mass is 394 g/mol. The Morgan fingerprint density at radius 2 is 1.82 bits per heavy atom. The summed E-state index contributed by atoms with van der Waals surface area (Å²) in [4.78, 5) is 25.2. The van der Waals surface area contributed by atoms with E-state index in [1.165, 1.54) is 34.1 Å². The number of aromatic nitrogens is 1. The van der Waals surface area contributed by atoms with E-state index in [9.17, 15) is 15.0 Å². The molecule has 0 atom stereocenters. The molecule has 140 valence electrons. The van der Waals surface area contributed by atoms with Crippen molar-refractivity contribution in [2.45, 2.75) is 0 Å². The highest BCUT2D eigenvalue weighted by Crippen LogP contribution is 2.26. The molecule has 0 saturated carbocycles. The predicted molar refractivity (Wildman–Crippen MR) is 102 cm³/mol. The van der Waals surface area contributed by atoms with Gasteiger partial charge in [-0.15, -0.1) is 0 Å². The molecule has 0 bridgehead atoms. The van der Waals surface area contributed by atoms with Gasteiger partial charge in [-0.25, -0.2) is 19.8 Å². The van der Waals surface area contributed by atoms with E-state index in [2.05, 4.69) is 15.0 Å². The number of aromatic hydroxyl groups is 2. The quantitative estimate of drug-likeness (QED) is 0.626. The molecule has 8 nitrogen and oxygen atoms in total. The van der Waals surface area contributed by atoms with Gasteiger partial charge in [0.05, 0.1) is 21.3 Å². The normalized spacial score (nSPS) is 13.0. The summed E-state index contributed by atoms with van der Waals surface area (Å²) in [5, 5.41) is 30.7. The number of nitrogens with zero attached hydrogens (tertiary/aromatic N) is 4. The van der Waals surface area contributed by atoms with Crippen LogP contribution in [0.25, 0.3) is 6.08 Å². The van der Waals surface area contributed by atoms with Crippen molar-refractivity contribution in [1.29, 1.82) is 0 Å². The molecule has 4 rings (SSSR count). The van der Waals surface area contributed by atoms with Gasteiger partial charge in [-0.05, 0) is 24.3 Å². The lowest BCUT2D eigenvalue weighted by Gasteiger charge is -2.00. The molecule has 0 amide bonds. The molecule has 28 heavy (non-hydrogen) atoms. The molecule has 1 aromatic heterocycles. The van der Waals surface area contributed by atoms with Crippen LogP contribution in [0, 0.1) is 0 Å². The summed E-state index contributed by atoms with van der Waals surface area (Å²) in [6.07, 6.45) is 1.67. The van der Waals surface area contributed by atoms with Gasteiger partial charge in [0, 0.05) is 19.2 Å². The van der Waals surface area contributed by atoms with Gasteiger partial charge in [0.1, 0.15) is 11.3 Å². The van der Waals surface area contributed by atoms with Crippen molar-refractivity contribution < 1.29 is 20.1 Å². The number of hydrogen-bond acceptors (Lipinski definition) is 7. The van der Waals surface area contributed by atoms with Crippen LogP contribution >= 0.6 is 11.3 Å². The fourth-order valence-electron chi connectivity index (χ4n) is 2.65. The maximum absolute atomic E-state index is 11.0. The van der Waals surface area contributed by atoms with Crippen molar-refractivity contribution in [2.24, 2.45) is 22.0 Å². The van der Waals surface area contributed by atoms with Crippen LogP contribution in [0.4, 0.5) is 5.69 Å². The van der Waals surface area contributed by atoms with Gasteiger partial charge in [0.25, 0.3) is 0 Å². The van der Waals surface area contributed by atoms with E-state index in [1.807, 2.05) is 24.3 Å². The van der Waals surface area contributed by atoms with Crippen LogP contribution in [0.5, 0.6) is 11.6 Å². The number of thiazole rings is 1. The summed E-state index contributed by atoms with van der Waals surface area (Å²) >= 11 is 1.21. The van der Waals surface area contributed by atoms with E-state index in [0.29, 0.717) is 21.2 Å². The van der Waals surface area contributed by atoms with Gasteiger partial charge in [0.2, 0.25) is 5.88 Å². The smallest absolute Gasteiger partial charge is 0.339 e. The third-order valence-electron chi connectivity index (χ3n) is 4.07. The van der Waals surface area contributed by atoms with Crippen LogP contribution in [0.3, 0.4) is 0 Å². The fourth-order valence-corrected chi connectivity index (χ4v) is 3.61. The van der Waals surface area contributed by atoms with Crippen molar-refractivity contribution in [2.75, 3.05) is 0 Å². The number of rotatable bonds is 3. The van der Waals surface area contributed by atoms with Crippen LogP contribution in [-0.4, -0.2) is 25.9 Å². The molecule has 1 aliphatic heterocycles. The minimum Gasteiger partial charge on any atom is -0.507 e. The third kappa shape index (κ3) is 3.19. The number of hydrogen-bond donors (Lipinski definition) is 3. The van der Waals surface area contributed by atoms with Gasteiger partial charge >= 0.3 is 5.97 Å². The molecule has 0 aliphatic carbocycles. The van der Waals surface area contributed by atoms with Gasteiger partial charge in [-0.2, -0.15) is 0 Å². The van der Waals surface area contributed by atoms with Gasteiger partial charge < -0.3 is 15.3 Å². The Balaban J connectivity index is 1.75. The van der Waals surface area contributed by atoms with E-state index < -0.39 is 5.97 Å². The molecule has 0 unspecified atom stereocenters. The lowest BCUT2D eigenvalue weighted by atomic mass is 10.2. The number of carboxylic acid groups (broad SMARTS) is 1.